The first-order valence-corrected chi connectivity index (χ1v) is 7.02. The van der Waals surface area contributed by atoms with Crippen molar-refractivity contribution in [3.8, 4) is 0 Å². The molecule has 0 aromatic heterocycles. The second-order valence-corrected chi connectivity index (χ2v) is 4.75. The van der Waals surface area contributed by atoms with Gasteiger partial charge in [0.1, 0.15) is 0 Å². The van der Waals surface area contributed by atoms with E-state index in [1.807, 2.05) is 18.2 Å². The van der Waals surface area contributed by atoms with Crippen LogP contribution in [-0.2, 0) is 14.3 Å². The molecule has 3 nitrogen and oxygen atoms in total. The predicted molar refractivity (Wildman–Crippen MR) is 56.8 cm³/mol. The Labute approximate surface area is 94.2 Å². The van der Waals surface area contributed by atoms with Crippen molar-refractivity contribution in [1.82, 2.24) is 0 Å². The Morgan fingerprint density at radius 3 is 2.87 bits per heavy atom. The molecular weight excluding hydrogens is 259 g/mol. The molecule has 2 rings (SSSR count). The summed E-state index contributed by atoms with van der Waals surface area (Å²) in [4.78, 5) is 10.5. The zero-order chi connectivity index (χ0) is 10.7. The number of allylic oxidation sites excluding steroid dienone is 1. The average molecular weight is 269 g/mol. The second kappa shape index (κ2) is 4.51. The minimum atomic E-state index is -0.455. The molecule has 1 aliphatic rings. The number of hydrogen-bond acceptors (Lipinski definition) is 3. The first kappa shape index (κ1) is 10.3. The fourth-order valence-electron chi connectivity index (χ4n) is 1.36. The Balaban J connectivity index is 2.21. The standard InChI is InChI=1S/C11H10O3Se/c1-15-10-5-3-2-4-9(10)11-13-7-8(6-12)14-11/h2-7,11H,1H3. The Bertz CT molecular complexity index is 401. The molecule has 0 aliphatic carbocycles. The van der Waals surface area contributed by atoms with E-state index in [-0.39, 0.29) is 5.76 Å². The number of benzene rings is 1. The van der Waals surface area contributed by atoms with Crippen molar-refractivity contribution >= 4 is 25.7 Å². The first-order valence-electron chi connectivity index (χ1n) is 4.45. The van der Waals surface area contributed by atoms with Crippen molar-refractivity contribution in [3.05, 3.63) is 41.9 Å². The number of hydrogen-bond donors (Lipinski definition) is 0. The SMILES string of the molecule is C[Se]c1ccccc1C1OC=C(C=O)O1. The zero-order valence-electron chi connectivity index (χ0n) is 8.17. The zero-order valence-corrected chi connectivity index (χ0v) is 9.89. The summed E-state index contributed by atoms with van der Waals surface area (Å²) in [5.74, 6) is 2.38. The van der Waals surface area contributed by atoms with Gasteiger partial charge in [-0.25, -0.2) is 0 Å². The van der Waals surface area contributed by atoms with Crippen molar-refractivity contribution in [2.75, 3.05) is 0 Å². The van der Waals surface area contributed by atoms with Crippen LogP contribution in [0, 0.1) is 0 Å². The summed E-state index contributed by atoms with van der Waals surface area (Å²) in [5, 5.41) is 0. The Morgan fingerprint density at radius 2 is 2.20 bits per heavy atom. The van der Waals surface area contributed by atoms with Gasteiger partial charge in [-0.1, -0.05) is 0 Å². The fourth-order valence-corrected chi connectivity index (χ4v) is 2.65. The van der Waals surface area contributed by atoms with E-state index in [4.69, 9.17) is 9.47 Å². The van der Waals surface area contributed by atoms with Gasteiger partial charge in [-0.2, -0.15) is 0 Å². The molecule has 0 amide bonds. The molecule has 78 valence electrons. The third-order valence-electron chi connectivity index (χ3n) is 2.06. The van der Waals surface area contributed by atoms with Crippen molar-refractivity contribution < 1.29 is 14.3 Å². The van der Waals surface area contributed by atoms with Crippen LogP contribution in [0.2, 0.25) is 5.82 Å². The van der Waals surface area contributed by atoms with Crippen LogP contribution in [0.3, 0.4) is 0 Å². The van der Waals surface area contributed by atoms with Gasteiger partial charge in [0.15, 0.2) is 0 Å². The quantitative estimate of drug-likeness (QED) is 0.610. The number of rotatable bonds is 3. The van der Waals surface area contributed by atoms with Crippen LogP contribution >= 0.6 is 0 Å². The first-order chi connectivity index (χ1) is 7.35. The topological polar surface area (TPSA) is 35.5 Å². The van der Waals surface area contributed by atoms with Crippen molar-refractivity contribution in [1.29, 1.82) is 0 Å². The molecule has 0 spiro atoms. The van der Waals surface area contributed by atoms with Crippen molar-refractivity contribution in [3.63, 3.8) is 0 Å². The van der Waals surface area contributed by atoms with Gasteiger partial charge in [-0.15, -0.1) is 0 Å². The van der Waals surface area contributed by atoms with Crippen LogP contribution in [0.15, 0.2) is 36.3 Å². The molecule has 0 fully saturated rings. The molecule has 0 radical (unpaired) electrons. The average Bonchev–Trinajstić information content (AvgIpc) is 2.77. The molecule has 1 heterocycles. The summed E-state index contributed by atoms with van der Waals surface area (Å²) in [6, 6.07) is 7.96. The molecule has 1 atom stereocenters. The van der Waals surface area contributed by atoms with E-state index in [1.165, 1.54) is 10.7 Å². The molecule has 1 unspecified atom stereocenters. The summed E-state index contributed by atoms with van der Waals surface area (Å²) < 4.78 is 11.8. The second-order valence-electron chi connectivity index (χ2n) is 2.97. The van der Waals surface area contributed by atoms with Gasteiger partial charge in [0.25, 0.3) is 0 Å². The van der Waals surface area contributed by atoms with Crippen molar-refractivity contribution in [2.45, 2.75) is 12.1 Å². The summed E-state index contributed by atoms with van der Waals surface area (Å²) in [5.41, 5.74) is 1.01. The van der Waals surface area contributed by atoms with Gasteiger partial charge in [-0.05, 0) is 0 Å². The Hall–Kier alpha value is -1.25. The Kier molecular flexibility index (Phi) is 3.09. The molecule has 0 saturated carbocycles. The normalized spacial score (nSPS) is 19.0. The molecule has 0 saturated heterocycles. The molecule has 15 heavy (non-hydrogen) atoms. The molecule has 0 bridgehead atoms. The molecule has 1 aromatic carbocycles. The molecule has 4 heteroatoms. The number of carbonyl (C=O) groups is 1. The minimum absolute atomic E-state index is 0.249. The van der Waals surface area contributed by atoms with Crippen molar-refractivity contribution in [2.24, 2.45) is 0 Å². The van der Waals surface area contributed by atoms with E-state index in [9.17, 15) is 4.79 Å². The summed E-state index contributed by atoms with van der Waals surface area (Å²) in [6.45, 7) is 0. The predicted octanol–water partition coefficient (Wildman–Crippen LogP) is 1.15. The molecule has 0 N–H and O–H groups in total. The number of carbonyl (C=O) groups excluding carboxylic acids is 1. The van der Waals surface area contributed by atoms with Crippen LogP contribution < -0.4 is 4.46 Å². The van der Waals surface area contributed by atoms with E-state index >= 15 is 0 Å². The Morgan fingerprint density at radius 1 is 1.40 bits per heavy atom. The number of ether oxygens (including phenoxy) is 2. The van der Waals surface area contributed by atoms with Gasteiger partial charge < -0.3 is 0 Å². The third-order valence-corrected chi connectivity index (χ3v) is 3.76. The van der Waals surface area contributed by atoms with E-state index in [0.717, 1.165) is 5.56 Å². The van der Waals surface area contributed by atoms with Gasteiger partial charge in [0.05, 0.1) is 0 Å². The van der Waals surface area contributed by atoms with Gasteiger partial charge >= 0.3 is 93.9 Å². The summed E-state index contributed by atoms with van der Waals surface area (Å²) in [7, 11) is 0. The monoisotopic (exact) mass is 270 g/mol. The molecule has 1 aliphatic heterocycles. The van der Waals surface area contributed by atoms with Crippen LogP contribution in [-0.4, -0.2) is 21.2 Å². The van der Waals surface area contributed by atoms with E-state index in [1.54, 1.807) is 0 Å². The van der Waals surface area contributed by atoms with E-state index < -0.39 is 6.29 Å². The van der Waals surface area contributed by atoms with Gasteiger partial charge in [0.2, 0.25) is 0 Å². The third kappa shape index (κ3) is 2.06. The van der Waals surface area contributed by atoms with E-state index in [0.29, 0.717) is 21.2 Å². The van der Waals surface area contributed by atoms with Crippen LogP contribution in [0.5, 0.6) is 0 Å². The number of aldehydes is 1. The van der Waals surface area contributed by atoms with Gasteiger partial charge in [-0.3, -0.25) is 0 Å². The van der Waals surface area contributed by atoms with Gasteiger partial charge in [0, 0.05) is 0 Å². The van der Waals surface area contributed by atoms with Crippen LogP contribution in [0.4, 0.5) is 0 Å². The van der Waals surface area contributed by atoms with E-state index in [2.05, 4.69) is 11.9 Å². The molecular formula is C11H10O3Se. The van der Waals surface area contributed by atoms with Crippen LogP contribution in [0.1, 0.15) is 11.9 Å². The molecule has 1 aromatic rings. The summed E-state index contributed by atoms with van der Waals surface area (Å²) in [6.07, 6.45) is 1.56. The maximum absolute atomic E-state index is 10.5. The van der Waals surface area contributed by atoms with Crippen LogP contribution in [0.25, 0.3) is 0 Å². The fraction of sp³-hybridized carbons (Fsp3) is 0.182. The maximum atomic E-state index is 10.5. The summed E-state index contributed by atoms with van der Waals surface area (Å²) >= 11 is 0.382.